The zero-order valence-electron chi connectivity index (χ0n) is 16.2. The number of hydrogen-bond donors (Lipinski definition) is 2. The van der Waals surface area contributed by atoms with Crippen molar-refractivity contribution in [2.45, 2.75) is 25.7 Å². The molecule has 8 nitrogen and oxygen atoms in total. The molecular formula is C21H25N5O3. The molecule has 3 rings (SSSR count). The molecule has 1 saturated heterocycles. The van der Waals surface area contributed by atoms with E-state index in [0.29, 0.717) is 5.56 Å². The molecule has 1 aliphatic rings. The second-order valence-corrected chi connectivity index (χ2v) is 6.91. The molecule has 0 aliphatic carbocycles. The van der Waals surface area contributed by atoms with Gasteiger partial charge in [0.1, 0.15) is 0 Å². The highest BCUT2D eigenvalue weighted by atomic mass is 16.6. The van der Waals surface area contributed by atoms with E-state index in [0.717, 1.165) is 37.3 Å². The molecule has 0 radical (unpaired) electrons. The zero-order chi connectivity index (χ0) is 20.5. The van der Waals surface area contributed by atoms with Crippen LogP contribution in [0.3, 0.4) is 0 Å². The van der Waals surface area contributed by atoms with Crippen LogP contribution in [0.1, 0.15) is 31.2 Å². The van der Waals surface area contributed by atoms with Gasteiger partial charge in [0, 0.05) is 42.2 Å². The summed E-state index contributed by atoms with van der Waals surface area (Å²) < 4.78 is 0. The minimum atomic E-state index is -0.425. The summed E-state index contributed by atoms with van der Waals surface area (Å²) in [4.78, 5) is 25.0. The zero-order valence-corrected chi connectivity index (χ0v) is 16.2. The first kappa shape index (κ1) is 20.3. The van der Waals surface area contributed by atoms with Gasteiger partial charge >= 0.3 is 0 Å². The predicted molar refractivity (Wildman–Crippen MR) is 114 cm³/mol. The molecule has 0 spiro atoms. The van der Waals surface area contributed by atoms with Gasteiger partial charge in [0.25, 0.3) is 11.6 Å². The van der Waals surface area contributed by atoms with Gasteiger partial charge in [-0.1, -0.05) is 31.0 Å². The van der Waals surface area contributed by atoms with Gasteiger partial charge in [0.15, 0.2) is 0 Å². The van der Waals surface area contributed by atoms with Gasteiger partial charge in [-0.2, -0.15) is 5.10 Å². The summed E-state index contributed by atoms with van der Waals surface area (Å²) in [7, 11) is 0. The fourth-order valence-corrected chi connectivity index (χ4v) is 3.31. The predicted octanol–water partition coefficient (Wildman–Crippen LogP) is 3.54. The van der Waals surface area contributed by atoms with Crippen LogP contribution in [0, 0.1) is 10.1 Å². The minimum absolute atomic E-state index is 0.00194. The maximum Gasteiger partial charge on any atom is 0.270 e. The van der Waals surface area contributed by atoms with Crippen molar-refractivity contribution in [1.29, 1.82) is 0 Å². The number of hydrazone groups is 1. The molecule has 0 unspecified atom stereocenters. The van der Waals surface area contributed by atoms with E-state index < -0.39 is 4.92 Å². The van der Waals surface area contributed by atoms with Crippen molar-refractivity contribution in [2.24, 2.45) is 5.10 Å². The normalized spacial score (nSPS) is 14.4. The Hall–Kier alpha value is -3.42. The van der Waals surface area contributed by atoms with E-state index in [-0.39, 0.29) is 18.1 Å². The number of hydrogen-bond acceptors (Lipinski definition) is 6. The summed E-state index contributed by atoms with van der Waals surface area (Å²) in [6.45, 7) is 1.90. The first-order valence-electron chi connectivity index (χ1n) is 9.78. The molecule has 2 aromatic carbocycles. The van der Waals surface area contributed by atoms with Crippen LogP contribution in [0.5, 0.6) is 0 Å². The summed E-state index contributed by atoms with van der Waals surface area (Å²) in [6, 6.07) is 14.2. The van der Waals surface area contributed by atoms with Crippen LogP contribution in [0.2, 0.25) is 0 Å². The molecule has 0 saturated carbocycles. The van der Waals surface area contributed by atoms with Crippen molar-refractivity contribution in [2.75, 3.05) is 29.9 Å². The van der Waals surface area contributed by atoms with Crippen LogP contribution in [0.15, 0.2) is 53.6 Å². The van der Waals surface area contributed by atoms with Crippen LogP contribution in [-0.2, 0) is 4.79 Å². The Kier molecular flexibility index (Phi) is 7.16. The van der Waals surface area contributed by atoms with E-state index in [2.05, 4.69) is 20.7 Å². The molecule has 0 aromatic heterocycles. The third-order valence-corrected chi connectivity index (χ3v) is 4.79. The first-order valence-corrected chi connectivity index (χ1v) is 9.78. The molecule has 0 bridgehead atoms. The average Bonchev–Trinajstić information content (AvgIpc) is 3.02. The molecule has 0 atom stereocenters. The number of nitrogens with one attached hydrogen (secondary N) is 2. The Labute approximate surface area is 169 Å². The third kappa shape index (κ3) is 6.03. The van der Waals surface area contributed by atoms with Crippen molar-refractivity contribution in [3.05, 3.63) is 64.2 Å². The number of non-ortho nitro benzene ring substituents is 1. The van der Waals surface area contributed by atoms with Crippen LogP contribution in [0.4, 0.5) is 17.1 Å². The minimum Gasteiger partial charge on any atom is -0.376 e. The lowest BCUT2D eigenvalue weighted by Crippen LogP contribution is -2.26. The number of rotatable bonds is 7. The van der Waals surface area contributed by atoms with E-state index in [1.165, 1.54) is 31.2 Å². The SMILES string of the molecule is O=C(CNc1ccccc1)N/N=C/c1cc([N+](=O)[O-])ccc1N1CCCCCC1. The Balaban J connectivity index is 1.67. The second kappa shape index (κ2) is 10.2. The van der Waals surface area contributed by atoms with Crippen LogP contribution < -0.4 is 15.6 Å². The summed E-state index contributed by atoms with van der Waals surface area (Å²) in [6.07, 6.45) is 6.05. The van der Waals surface area contributed by atoms with Crippen molar-refractivity contribution < 1.29 is 9.72 Å². The van der Waals surface area contributed by atoms with Gasteiger partial charge < -0.3 is 10.2 Å². The van der Waals surface area contributed by atoms with Crippen LogP contribution in [0.25, 0.3) is 0 Å². The monoisotopic (exact) mass is 395 g/mol. The van der Waals surface area contributed by atoms with Gasteiger partial charge in [-0.3, -0.25) is 14.9 Å². The highest BCUT2D eigenvalue weighted by Gasteiger charge is 2.16. The molecule has 152 valence electrons. The molecule has 1 aliphatic heterocycles. The number of nitrogens with zero attached hydrogens (tertiary/aromatic N) is 3. The lowest BCUT2D eigenvalue weighted by molar-refractivity contribution is -0.384. The quantitative estimate of drug-likeness (QED) is 0.424. The van der Waals surface area contributed by atoms with E-state index in [9.17, 15) is 14.9 Å². The van der Waals surface area contributed by atoms with Gasteiger partial charge in [-0.25, -0.2) is 5.43 Å². The maximum atomic E-state index is 12.0. The topological polar surface area (TPSA) is 99.9 Å². The molecule has 29 heavy (non-hydrogen) atoms. The first-order chi connectivity index (χ1) is 14.1. The number of carbonyl (C=O) groups is 1. The second-order valence-electron chi connectivity index (χ2n) is 6.91. The van der Waals surface area contributed by atoms with Gasteiger partial charge in [0.05, 0.1) is 17.7 Å². The van der Waals surface area contributed by atoms with Crippen molar-refractivity contribution in [3.63, 3.8) is 0 Å². The van der Waals surface area contributed by atoms with E-state index in [4.69, 9.17) is 0 Å². The highest BCUT2D eigenvalue weighted by molar-refractivity contribution is 5.90. The number of carbonyl (C=O) groups excluding carboxylic acids is 1. The van der Waals surface area contributed by atoms with Crippen LogP contribution in [-0.4, -0.2) is 36.7 Å². The number of amides is 1. The molecule has 1 heterocycles. The third-order valence-electron chi connectivity index (χ3n) is 4.79. The molecule has 1 fully saturated rings. The Morgan fingerprint density at radius 2 is 1.83 bits per heavy atom. The highest BCUT2D eigenvalue weighted by Crippen LogP contribution is 2.26. The van der Waals surface area contributed by atoms with Gasteiger partial charge in [0.2, 0.25) is 0 Å². The Morgan fingerprint density at radius 3 is 2.52 bits per heavy atom. The van der Waals surface area contributed by atoms with E-state index in [1.54, 1.807) is 6.07 Å². The van der Waals surface area contributed by atoms with Crippen LogP contribution >= 0.6 is 0 Å². The van der Waals surface area contributed by atoms with Gasteiger partial charge in [-0.05, 0) is 31.0 Å². The number of nitro groups is 1. The largest absolute Gasteiger partial charge is 0.376 e. The number of anilines is 2. The number of para-hydroxylation sites is 1. The Bertz CT molecular complexity index is 862. The Morgan fingerprint density at radius 1 is 1.10 bits per heavy atom. The van der Waals surface area contributed by atoms with Crippen molar-refractivity contribution in [1.82, 2.24) is 5.43 Å². The number of benzene rings is 2. The van der Waals surface area contributed by atoms with Crippen molar-refractivity contribution >= 4 is 29.2 Å². The average molecular weight is 395 g/mol. The van der Waals surface area contributed by atoms with E-state index >= 15 is 0 Å². The lowest BCUT2D eigenvalue weighted by atomic mass is 10.1. The van der Waals surface area contributed by atoms with E-state index in [1.807, 2.05) is 30.3 Å². The summed E-state index contributed by atoms with van der Waals surface area (Å²) in [5, 5.41) is 18.2. The van der Waals surface area contributed by atoms with Gasteiger partial charge in [-0.15, -0.1) is 0 Å². The summed E-state index contributed by atoms with van der Waals surface area (Å²) in [5.74, 6) is -0.299. The lowest BCUT2D eigenvalue weighted by Gasteiger charge is -2.24. The summed E-state index contributed by atoms with van der Waals surface area (Å²) >= 11 is 0. The molecule has 2 N–H and O–H groups in total. The molecule has 1 amide bonds. The fraction of sp³-hybridized carbons (Fsp3) is 0.333. The maximum absolute atomic E-state index is 12.0. The standard InChI is InChI=1S/C21H25N5O3/c27-21(16-22-18-8-4-3-5-9-18)24-23-15-17-14-19(26(28)29)10-11-20(17)25-12-6-1-2-7-13-25/h3-5,8-11,14-15,22H,1-2,6-7,12-13,16H2,(H,24,27)/b23-15+. The summed E-state index contributed by atoms with van der Waals surface area (Å²) in [5.41, 5.74) is 4.84. The molecule has 2 aromatic rings. The molecular weight excluding hydrogens is 370 g/mol. The molecule has 8 heteroatoms. The van der Waals surface area contributed by atoms with Crippen molar-refractivity contribution in [3.8, 4) is 0 Å². The number of nitro benzene ring substituents is 1. The smallest absolute Gasteiger partial charge is 0.270 e. The fourth-order valence-electron chi connectivity index (χ4n) is 3.31.